The first-order chi connectivity index (χ1) is 7.59. The molecule has 0 saturated heterocycles. The summed E-state index contributed by atoms with van der Waals surface area (Å²) >= 11 is 0. The summed E-state index contributed by atoms with van der Waals surface area (Å²) in [5, 5.41) is 13.0. The van der Waals surface area contributed by atoms with Crippen LogP contribution in [0.4, 0.5) is 0 Å². The lowest BCUT2D eigenvalue weighted by molar-refractivity contribution is 0.173. The van der Waals surface area contributed by atoms with Crippen molar-refractivity contribution in [3.8, 4) is 0 Å². The van der Waals surface area contributed by atoms with Crippen LogP contribution in [0, 0.1) is 0 Å². The Hall–Kier alpha value is -0.860. The Labute approximate surface area is 98.7 Å². The highest BCUT2D eigenvalue weighted by Gasteiger charge is 2.13. The van der Waals surface area contributed by atoms with E-state index in [-0.39, 0.29) is 6.10 Å². The number of rotatable bonds is 6. The predicted octanol–water partition coefficient (Wildman–Crippen LogP) is 2.54. The molecule has 0 radical (unpaired) electrons. The molecule has 0 aliphatic rings. The molecule has 2 N–H and O–H groups in total. The molecule has 2 atom stereocenters. The molecular formula is C14H23NO. The van der Waals surface area contributed by atoms with Gasteiger partial charge in [-0.1, -0.05) is 44.2 Å². The van der Waals surface area contributed by atoms with Crippen LogP contribution in [0.2, 0.25) is 0 Å². The van der Waals surface area contributed by atoms with Crippen LogP contribution in [0.1, 0.15) is 38.7 Å². The van der Waals surface area contributed by atoms with E-state index in [2.05, 4.69) is 43.4 Å². The number of benzene rings is 1. The van der Waals surface area contributed by atoms with Gasteiger partial charge in [-0.15, -0.1) is 0 Å². The zero-order chi connectivity index (χ0) is 12.0. The number of hydrogen-bond acceptors (Lipinski definition) is 2. The minimum Gasteiger partial charge on any atom is -0.393 e. The highest BCUT2D eigenvalue weighted by molar-refractivity contribution is 5.20. The first-order valence-corrected chi connectivity index (χ1v) is 6.06. The number of aliphatic hydroxyl groups is 1. The monoisotopic (exact) mass is 221 g/mol. The fraction of sp³-hybridized carbons (Fsp3) is 0.571. The van der Waals surface area contributed by atoms with E-state index in [9.17, 15) is 5.11 Å². The van der Waals surface area contributed by atoms with Crippen molar-refractivity contribution < 1.29 is 5.11 Å². The average molecular weight is 221 g/mol. The summed E-state index contributed by atoms with van der Waals surface area (Å²) in [4.78, 5) is 0. The zero-order valence-corrected chi connectivity index (χ0v) is 10.5. The maximum Gasteiger partial charge on any atom is 0.0518 e. The largest absolute Gasteiger partial charge is 0.393 e. The summed E-state index contributed by atoms with van der Waals surface area (Å²) in [5.74, 6) is 0.392. The normalized spacial score (nSPS) is 15.1. The molecule has 1 aromatic carbocycles. The van der Waals surface area contributed by atoms with Gasteiger partial charge in [0.25, 0.3) is 0 Å². The third-order valence-corrected chi connectivity index (χ3v) is 2.67. The van der Waals surface area contributed by atoms with Crippen LogP contribution >= 0.6 is 0 Å². The number of nitrogens with one attached hydrogen (secondary N) is 1. The Balaban J connectivity index is 2.64. The van der Waals surface area contributed by atoms with Crippen molar-refractivity contribution in [1.29, 1.82) is 0 Å². The second-order valence-corrected chi connectivity index (χ2v) is 4.76. The fourth-order valence-electron chi connectivity index (χ4n) is 1.85. The van der Waals surface area contributed by atoms with E-state index < -0.39 is 0 Å². The standard InChI is InChI=1S/C14H23NO/c1-11(2)15-10-14(9-12(3)16)13-7-5-4-6-8-13/h4-8,11-12,14-16H,9-10H2,1-3H3. The Morgan fingerprint density at radius 3 is 2.25 bits per heavy atom. The smallest absolute Gasteiger partial charge is 0.0518 e. The van der Waals surface area contributed by atoms with Crippen LogP contribution in [-0.4, -0.2) is 23.8 Å². The highest BCUT2D eigenvalue weighted by atomic mass is 16.3. The number of aliphatic hydroxyl groups excluding tert-OH is 1. The molecule has 0 amide bonds. The van der Waals surface area contributed by atoms with Crippen molar-refractivity contribution in [2.75, 3.05) is 6.54 Å². The minimum absolute atomic E-state index is 0.251. The Bertz CT molecular complexity index is 282. The molecule has 0 saturated carbocycles. The molecule has 90 valence electrons. The minimum atomic E-state index is -0.251. The second-order valence-electron chi connectivity index (χ2n) is 4.76. The quantitative estimate of drug-likeness (QED) is 0.773. The van der Waals surface area contributed by atoms with Crippen molar-refractivity contribution >= 4 is 0 Å². The van der Waals surface area contributed by atoms with Crippen LogP contribution in [0.5, 0.6) is 0 Å². The van der Waals surface area contributed by atoms with Crippen LogP contribution in [0.3, 0.4) is 0 Å². The van der Waals surface area contributed by atoms with Gasteiger partial charge in [0.2, 0.25) is 0 Å². The van der Waals surface area contributed by atoms with Crippen molar-refractivity contribution in [1.82, 2.24) is 5.32 Å². The van der Waals surface area contributed by atoms with E-state index in [0.717, 1.165) is 13.0 Å². The first-order valence-electron chi connectivity index (χ1n) is 6.06. The molecular weight excluding hydrogens is 198 g/mol. The summed E-state index contributed by atoms with van der Waals surface area (Å²) in [6, 6.07) is 10.9. The van der Waals surface area contributed by atoms with E-state index in [1.165, 1.54) is 5.56 Å². The molecule has 0 spiro atoms. The van der Waals surface area contributed by atoms with Gasteiger partial charge in [-0.05, 0) is 24.8 Å². The Kier molecular flexibility index (Phi) is 5.50. The SMILES string of the molecule is CC(O)CC(CNC(C)C)c1ccccc1. The topological polar surface area (TPSA) is 32.3 Å². The fourth-order valence-corrected chi connectivity index (χ4v) is 1.85. The summed E-state index contributed by atoms with van der Waals surface area (Å²) in [6.45, 7) is 7.06. The Morgan fingerprint density at radius 2 is 1.75 bits per heavy atom. The lowest BCUT2D eigenvalue weighted by Gasteiger charge is -2.21. The van der Waals surface area contributed by atoms with Crippen molar-refractivity contribution in [2.45, 2.75) is 45.3 Å². The summed E-state index contributed by atoms with van der Waals surface area (Å²) in [5.41, 5.74) is 1.30. The lowest BCUT2D eigenvalue weighted by atomic mass is 9.93. The second kappa shape index (κ2) is 6.66. The highest BCUT2D eigenvalue weighted by Crippen LogP contribution is 2.20. The van der Waals surface area contributed by atoms with Crippen molar-refractivity contribution in [3.05, 3.63) is 35.9 Å². The van der Waals surface area contributed by atoms with Crippen molar-refractivity contribution in [2.24, 2.45) is 0 Å². The predicted molar refractivity (Wildman–Crippen MR) is 68.6 cm³/mol. The van der Waals surface area contributed by atoms with E-state index >= 15 is 0 Å². The van der Waals surface area contributed by atoms with Crippen LogP contribution < -0.4 is 5.32 Å². The first kappa shape index (κ1) is 13.2. The molecule has 0 fully saturated rings. The molecule has 2 heteroatoms. The van der Waals surface area contributed by atoms with Gasteiger partial charge in [0, 0.05) is 12.6 Å². The van der Waals surface area contributed by atoms with Gasteiger partial charge >= 0.3 is 0 Å². The molecule has 2 nitrogen and oxygen atoms in total. The molecule has 0 aromatic heterocycles. The molecule has 2 unspecified atom stereocenters. The lowest BCUT2D eigenvalue weighted by Crippen LogP contribution is -2.29. The summed E-state index contributed by atoms with van der Waals surface area (Å²) < 4.78 is 0. The van der Waals surface area contributed by atoms with Gasteiger partial charge in [-0.2, -0.15) is 0 Å². The third-order valence-electron chi connectivity index (χ3n) is 2.67. The van der Waals surface area contributed by atoms with Gasteiger partial charge in [0.15, 0.2) is 0 Å². The van der Waals surface area contributed by atoms with Crippen LogP contribution in [0.25, 0.3) is 0 Å². The van der Waals surface area contributed by atoms with Crippen LogP contribution in [0.15, 0.2) is 30.3 Å². The number of hydrogen-bond donors (Lipinski definition) is 2. The van der Waals surface area contributed by atoms with Crippen LogP contribution in [-0.2, 0) is 0 Å². The molecule has 0 aliphatic heterocycles. The molecule has 0 aliphatic carbocycles. The van der Waals surface area contributed by atoms with Gasteiger partial charge in [0.1, 0.15) is 0 Å². The molecule has 1 rings (SSSR count). The van der Waals surface area contributed by atoms with Crippen molar-refractivity contribution in [3.63, 3.8) is 0 Å². The maximum atomic E-state index is 9.52. The van der Waals surface area contributed by atoms with Gasteiger partial charge in [-0.3, -0.25) is 0 Å². The van der Waals surface area contributed by atoms with Gasteiger partial charge < -0.3 is 10.4 Å². The van der Waals surface area contributed by atoms with Gasteiger partial charge in [-0.25, -0.2) is 0 Å². The zero-order valence-electron chi connectivity index (χ0n) is 10.5. The maximum absolute atomic E-state index is 9.52. The summed E-state index contributed by atoms with van der Waals surface area (Å²) in [6.07, 6.45) is 0.558. The molecule has 1 aromatic rings. The third kappa shape index (κ3) is 4.77. The van der Waals surface area contributed by atoms with E-state index in [1.807, 2.05) is 13.0 Å². The molecule has 16 heavy (non-hydrogen) atoms. The molecule has 0 bridgehead atoms. The molecule has 0 heterocycles. The van der Waals surface area contributed by atoms with E-state index in [1.54, 1.807) is 0 Å². The van der Waals surface area contributed by atoms with E-state index in [0.29, 0.717) is 12.0 Å². The average Bonchev–Trinajstić information content (AvgIpc) is 2.25. The Morgan fingerprint density at radius 1 is 1.12 bits per heavy atom. The van der Waals surface area contributed by atoms with Gasteiger partial charge in [0.05, 0.1) is 6.10 Å². The summed E-state index contributed by atoms with van der Waals surface area (Å²) in [7, 11) is 0. The van der Waals surface area contributed by atoms with E-state index in [4.69, 9.17) is 0 Å².